The van der Waals surface area contributed by atoms with E-state index in [0.717, 1.165) is 6.42 Å². The Morgan fingerprint density at radius 1 is 1.38 bits per heavy atom. The van der Waals surface area contributed by atoms with E-state index in [0.29, 0.717) is 24.4 Å². The average molecular weight is 350 g/mol. The van der Waals surface area contributed by atoms with Crippen LogP contribution in [-0.4, -0.2) is 37.5 Å². The zero-order valence-electron chi connectivity index (χ0n) is 13.4. The molecule has 1 aliphatic rings. The predicted octanol–water partition coefficient (Wildman–Crippen LogP) is 2.30. The zero-order valence-corrected chi connectivity index (χ0v) is 14.2. The van der Waals surface area contributed by atoms with Crippen LogP contribution in [0.2, 0.25) is 0 Å². The molecule has 1 unspecified atom stereocenters. The molecule has 1 saturated heterocycles. The van der Waals surface area contributed by atoms with Crippen LogP contribution in [-0.2, 0) is 14.8 Å². The highest BCUT2D eigenvalue weighted by atomic mass is 32.2. The van der Waals surface area contributed by atoms with Crippen LogP contribution in [0.25, 0.3) is 0 Å². The van der Waals surface area contributed by atoms with Gasteiger partial charge in [0.05, 0.1) is 23.6 Å². The Morgan fingerprint density at radius 3 is 2.83 bits per heavy atom. The van der Waals surface area contributed by atoms with Gasteiger partial charge in [-0.05, 0) is 38.0 Å². The monoisotopic (exact) mass is 350 g/mol. The minimum atomic E-state index is -3.75. The summed E-state index contributed by atoms with van der Waals surface area (Å²) in [6.45, 7) is 2.17. The van der Waals surface area contributed by atoms with Crippen LogP contribution in [0.15, 0.2) is 39.8 Å². The number of ether oxygens (including phenoxy) is 1. The summed E-state index contributed by atoms with van der Waals surface area (Å²) in [4.78, 5) is 11.7. The SMILES string of the molecule is COC(=O)c1cccc(S(=O)(=O)N2CCCC2c2cc(C)on2)c1. The normalized spacial score (nSPS) is 18.7. The summed E-state index contributed by atoms with van der Waals surface area (Å²) in [5.41, 5.74) is 0.810. The summed E-state index contributed by atoms with van der Waals surface area (Å²) in [7, 11) is -2.49. The van der Waals surface area contributed by atoms with Crippen LogP contribution in [0, 0.1) is 6.92 Å². The molecule has 0 spiro atoms. The molecule has 0 amide bonds. The van der Waals surface area contributed by atoms with Gasteiger partial charge in [-0.15, -0.1) is 0 Å². The molecule has 0 bridgehead atoms. The molecular formula is C16H18N2O5S. The van der Waals surface area contributed by atoms with Gasteiger partial charge in [-0.25, -0.2) is 13.2 Å². The summed E-state index contributed by atoms with van der Waals surface area (Å²) >= 11 is 0. The average Bonchev–Trinajstić information content (AvgIpc) is 3.23. The molecule has 0 N–H and O–H groups in total. The minimum absolute atomic E-state index is 0.0671. The number of aryl methyl sites for hydroxylation is 1. The standard InChI is InChI=1S/C16H18N2O5S/c1-11-9-14(17-23-11)15-7-4-8-18(15)24(20,21)13-6-3-5-12(10-13)16(19)22-2/h3,5-6,9-10,15H,4,7-8H2,1-2H3. The van der Waals surface area contributed by atoms with Gasteiger partial charge in [0.15, 0.2) is 0 Å². The lowest BCUT2D eigenvalue weighted by Crippen LogP contribution is -2.31. The molecule has 1 atom stereocenters. The van der Waals surface area contributed by atoms with Gasteiger partial charge in [0.1, 0.15) is 11.5 Å². The fraction of sp³-hybridized carbons (Fsp3) is 0.375. The van der Waals surface area contributed by atoms with Gasteiger partial charge in [0.25, 0.3) is 0 Å². The number of benzene rings is 1. The zero-order chi connectivity index (χ0) is 17.3. The van der Waals surface area contributed by atoms with E-state index in [9.17, 15) is 13.2 Å². The van der Waals surface area contributed by atoms with E-state index in [2.05, 4.69) is 9.89 Å². The van der Waals surface area contributed by atoms with Crippen LogP contribution >= 0.6 is 0 Å². The topological polar surface area (TPSA) is 89.7 Å². The van der Waals surface area contributed by atoms with Crippen molar-refractivity contribution in [2.75, 3.05) is 13.7 Å². The third kappa shape index (κ3) is 2.94. The quantitative estimate of drug-likeness (QED) is 0.786. The third-order valence-electron chi connectivity index (χ3n) is 4.05. The Bertz CT molecular complexity index is 859. The maximum Gasteiger partial charge on any atom is 0.337 e. The van der Waals surface area contributed by atoms with Crippen molar-refractivity contribution in [3.8, 4) is 0 Å². The Labute approximate surface area is 140 Å². The molecule has 2 aromatic rings. The fourth-order valence-electron chi connectivity index (χ4n) is 2.90. The van der Waals surface area contributed by atoms with Gasteiger partial charge < -0.3 is 9.26 Å². The number of hydrogen-bond donors (Lipinski definition) is 0. The van der Waals surface area contributed by atoms with Crippen LogP contribution in [0.1, 0.15) is 40.7 Å². The van der Waals surface area contributed by atoms with Crippen molar-refractivity contribution in [3.63, 3.8) is 0 Å². The van der Waals surface area contributed by atoms with Gasteiger partial charge in [-0.2, -0.15) is 4.31 Å². The number of rotatable bonds is 4. The number of aromatic nitrogens is 1. The van der Waals surface area contributed by atoms with Crippen molar-refractivity contribution in [2.45, 2.75) is 30.7 Å². The van der Waals surface area contributed by atoms with E-state index in [1.165, 1.54) is 35.7 Å². The second-order valence-corrected chi connectivity index (χ2v) is 7.55. The lowest BCUT2D eigenvalue weighted by atomic mass is 10.1. The number of nitrogens with zero attached hydrogens (tertiary/aromatic N) is 2. The molecule has 8 heteroatoms. The highest BCUT2D eigenvalue weighted by Crippen LogP contribution is 2.36. The van der Waals surface area contributed by atoms with Crippen molar-refractivity contribution in [1.82, 2.24) is 9.46 Å². The maximum absolute atomic E-state index is 13.0. The van der Waals surface area contributed by atoms with E-state index < -0.39 is 16.0 Å². The minimum Gasteiger partial charge on any atom is -0.465 e. The number of carbonyl (C=O) groups excluding carboxylic acids is 1. The van der Waals surface area contributed by atoms with Gasteiger partial charge in [-0.1, -0.05) is 11.2 Å². The van der Waals surface area contributed by atoms with Crippen molar-refractivity contribution < 1.29 is 22.5 Å². The highest BCUT2D eigenvalue weighted by molar-refractivity contribution is 7.89. The first-order valence-corrected chi connectivity index (χ1v) is 9.01. The molecule has 1 aromatic heterocycles. The number of hydrogen-bond acceptors (Lipinski definition) is 6. The highest BCUT2D eigenvalue weighted by Gasteiger charge is 2.38. The number of carbonyl (C=O) groups is 1. The molecule has 1 fully saturated rings. The van der Waals surface area contributed by atoms with E-state index in [1.54, 1.807) is 13.0 Å². The van der Waals surface area contributed by atoms with Crippen LogP contribution < -0.4 is 0 Å². The summed E-state index contributed by atoms with van der Waals surface area (Å²) in [5.74, 6) is 0.0686. The predicted molar refractivity (Wildman–Crippen MR) is 84.9 cm³/mol. The van der Waals surface area contributed by atoms with E-state index in [-0.39, 0.29) is 16.5 Å². The van der Waals surface area contributed by atoms with E-state index in [4.69, 9.17) is 4.52 Å². The molecule has 7 nitrogen and oxygen atoms in total. The van der Waals surface area contributed by atoms with Gasteiger partial charge in [0, 0.05) is 12.6 Å². The Kier molecular flexibility index (Phi) is 4.42. The molecule has 1 aliphatic heterocycles. The van der Waals surface area contributed by atoms with Gasteiger partial charge in [0.2, 0.25) is 10.0 Å². The summed E-state index contributed by atoms with van der Waals surface area (Å²) in [6, 6.07) is 7.27. The Balaban J connectivity index is 1.96. The first-order valence-electron chi connectivity index (χ1n) is 7.57. The molecule has 0 saturated carbocycles. The van der Waals surface area contributed by atoms with Crippen molar-refractivity contribution in [2.24, 2.45) is 0 Å². The largest absolute Gasteiger partial charge is 0.465 e. The van der Waals surface area contributed by atoms with Crippen molar-refractivity contribution >= 4 is 16.0 Å². The number of methoxy groups -OCH3 is 1. The van der Waals surface area contributed by atoms with Crippen LogP contribution in [0.5, 0.6) is 0 Å². The third-order valence-corrected chi connectivity index (χ3v) is 5.96. The molecule has 3 rings (SSSR count). The lowest BCUT2D eigenvalue weighted by molar-refractivity contribution is 0.0600. The summed E-state index contributed by atoms with van der Waals surface area (Å²) in [6.07, 6.45) is 1.42. The van der Waals surface area contributed by atoms with Gasteiger partial charge in [-0.3, -0.25) is 0 Å². The molecule has 0 aliphatic carbocycles. The molecule has 0 radical (unpaired) electrons. The lowest BCUT2D eigenvalue weighted by Gasteiger charge is -2.22. The molecule has 1 aromatic carbocycles. The van der Waals surface area contributed by atoms with Crippen molar-refractivity contribution in [3.05, 3.63) is 47.3 Å². The Hall–Kier alpha value is -2.19. The first kappa shape index (κ1) is 16.7. The number of esters is 1. The molecule has 128 valence electrons. The molecule has 24 heavy (non-hydrogen) atoms. The fourth-order valence-corrected chi connectivity index (χ4v) is 4.62. The smallest absolute Gasteiger partial charge is 0.337 e. The summed E-state index contributed by atoms with van der Waals surface area (Å²) in [5, 5.41) is 3.96. The molecular weight excluding hydrogens is 332 g/mol. The second-order valence-electron chi connectivity index (χ2n) is 5.66. The van der Waals surface area contributed by atoms with Gasteiger partial charge >= 0.3 is 5.97 Å². The summed E-state index contributed by atoms with van der Waals surface area (Å²) < 4.78 is 37.2. The maximum atomic E-state index is 13.0. The van der Waals surface area contributed by atoms with Crippen LogP contribution in [0.3, 0.4) is 0 Å². The Morgan fingerprint density at radius 2 is 2.17 bits per heavy atom. The van der Waals surface area contributed by atoms with E-state index >= 15 is 0 Å². The van der Waals surface area contributed by atoms with Crippen molar-refractivity contribution in [1.29, 1.82) is 0 Å². The number of sulfonamides is 1. The second kappa shape index (κ2) is 6.37. The van der Waals surface area contributed by atoms with Crippen LogP contribution in [0.4, 0.5) is 0 Å². The molecule has 2 heterocycles. The van der Waals surface area contributed by atoms with E-state index in [1.807, 2.05) is 0 Å². The first-order chi connectivity index (χ1) is 11.4.